The molecular formula is C17H34O2. The summed E-state index contributed by atoms with van der Waals surface area (Å²) in [5.41, 5.74) is 0. The van der Waals surface area contributed by atoms with Gasteiger partial charge in [0, 0.05) is 0 Å². The molecule has 2 heteroatoms. The van der Waals surface area contributed by atoms with Gasteiger partial charge in [-0.25, -0.2) is 0 Å². The molecule has 0 saturated carbocycles. The fourth-order valence-corrected chi connectivity index (χ4v) is 2.29. The molecule has 0 heterocycles. The zero-order valence-corrected chi connectivity index (χ0v) is 13.4. The van der Waals surface area contributed by atoms with Gasteiger partial charge in [-0.2, -0.15) is 0 Å². The summed E-state index contributed by atoms with van der Waals surface area (Å²) >= 11 is 0. The Bertz CT molecular complexity index is 201. The van der Waals surface area contributed by atoms with Gasteiger partial charge >= 0.3 is 5.97 Å². The van der Waals surface area contributed by atoms with E-state index in [0.717, 1.165) is 38.5 Å². The third-order valence-corrected chi connectivity index (χ3v) is 3.64. The van der Waals surface area contributed by atoms with Crippen LogP contribution in [0.3, 0.4) is 0 Å². The van der Waals surface area contributed by atoms with Crippen molar-refractivity contribution in [2.75, 3.05) is 6.61 Å². The topological polar surface area (TPSA) is 26.3 Å². The zero-order chi connectivity index (χ0) is 14.3. The van der Waals surface area contributed by atoms with E-state index in [4.69, 9.17) is 4.74 Å². The number of hydrogen-bond donors (Lipinski definition) is 0. The van der Waals surface area contributed by atoms with Gasteiger partial charge in [-0.1, -0.05) is 72.1 Å². The van der Waals surface area contributed by atoms with Gasteiger partial charge in [0.1, 0.15) is 0 Å². The number of carbonyl (C=O) groups is 1. The predicted molar refractivity (Wildman–Crippen MR) is 82.3 cm³/mol. The summed E-state index contributed by atoms with van der Waals surface area (Å²) in [4.78, 5) is 12.1. The number of unbranched alkanes of at least 4 members (excludes halogenated alkanes) is 6. The Morgan fingerprint density at radius 3 is 2.00 bits per heavy atom. The normalized spacial score (nSPS) is 12.4. The Hall–Kier alpha value is -0.530. The average Bonchev–Trinajstić information content (AvgIpc) is 2.42. The lowest BCUT2D eigenvalue weighted by molar-refractivity contribution is -0.149. The molecule has 0 aliphatic carbocycles. The molecule has 0 fully saturated rings. The number of ether oxygens (including phenoxy) is 1. The highest BCUT2D eigenvalue weighted by atomic mass is 16.5. The number of carbonyl (C=O) groups excluding carboxylic acids is 1. The first-order chi connectivity index (χ1) is 9.26. The van der Waals surface area contributed by atoms with Crippen LogP contribution in [0.15, 0.2) is 0 Å². The molecular weight excluding hydrogens is 236 g/mol. The summed E-state index contributed by atoms with van der Waals surface area (Å²) in [7, 11) is 0. The van der Waals surface area contributed by atoms with Crippen LogP contribution in [0.25, 0.3) is 0 Å². The maximum Gasteiger partial charge on any atom is 0.308 e. The third-order valence-electron chi connectivity index (χ3n) is 3.64. The zero-order valence-electron chi connectivity index (χ0n) is 13.4. The van der Waals surface area contributed by atoms with E-state index >= 15 is 0 Å². The van der Waals surface area contributed by atoms with Crippen LogP contribution in [0.5, 0.6) is 0 Å². The van der Waals surface area contributed by atoms with Crippen LogP contribution in [0.2, 0.25) is 0 Å². The first-order valence-electron chi connectivity index (χ1n) is 8.42. The van der Waals surface area contributed by atoms with Gasteiger partial charge in [0.2, 0.25) is 0 Å². The second kappa shape index (κ2) is 13.9. The van der Waals surface area contributed by atoms with E-state index in [1.807, 2.05) is 0 Å². The number of esters is 1. The Morgan fingerprint density at radius 2 is 1.37 bits per heavy atom. The van der Waals surface area contributed by atoms with Gasteiger partial charge in [0.15, 0.2) is 0 Å². The Labute approximate surface area is 120 Å². The van der Waals surface area contributed by atoms with E-state index in [-0.39, 0.29) is 11.9 Å². The molecule has 0 aliphatic rings. The number of hydrogen-bond acceptors (Lipinski definition) is 2. The van der Waals surface area contributed by atoms with Crippen molar-refractivity contribution in [2.45, 2.75) is 91.4 Å². The van der Waals surface area contributed by atoms with E-state index in [0.29, 0.717) is 6.61 Å². The number of rotatable bonds is 13. The molecule has 0 amide bonds. The van der Waals surface area contributed by atoms with Crippen LogP contribution in [-0.4, -0.2) is 12.6 Å². The smallest absolute Gasteiger partial charge is 0.308 e. The van der Waals surface area contributed by atoms with Crippen molar-refractivity contribution < 1.29 is 9.53 Å². The SMILES string of the molecule is CCCCCCC(CCCC)C(=O)OCCCCC. The summed E-state index contributed by atoms with van der Waals surface area (Å²) in [5.74, 6) is 0.208. The van der Waals surface area contributed by atoms with E-state index in [1.165, 1.54) is 32.1 Å². The minimum absolute atomic E-state index is 0.0565. The maximum atomic E-state index is 12.1. The van der Waals surface area contributed by atoms with Crippen molar-refractivity contribution in [1.82, 2.24) is 0 Å². The lowest BCUT2D eigenvalue weighted by Crippen LogP contribution is -2.18. The second-order valence-electron chi connectivity index (χ2n) is 5.56. The Kier molecular flexibility index (Phi) is 13.5. The van der Waals surface area contributed by atoms with Gasteiger partial charge in [0.05, 0.1) is 12.5 Å². The minimum Gasteiger partial charge on any atom is -0.465 e. The summed E-state index contributed by atoms with van der Waals surface area (Å²) in [6, 6.07) is 0. The highest BCUT2D eigenvalue weighted by molar-refractivity contribution is 5.72. The van der Waals surface area contributed by atoms with E-state index < -0.39 is 0 Å². The van der Waals surface area contributed by atoms with Crippen molar-refractivity contribution in [1.29, 1.82) is 0 Å². The third kappa shape index (κ3) is 11.0. The molecule has 0 aliphatic heterocycles. The molecule has 0 rings (SSSR count). The highest BCUT2D eigenvalue weighted by Crippen LogP contribution is 2.19. The second-order valence-corrected chi connectivity index (χ2v) is 5.56. The lowest BCUT2D eigenvalue weighted by atomic mass is 9.95. The van der Waals surface area contributed by atoms with Crippen molar-refractivity contribution in [3.05, 3.63) is 0 Å². The fourth-order valence-electron chi connectivity index (χ4n) is 2.29. The molecule has 0 aromatic heterocycles. The fraction of sp³-hybridized carbons (Fsp3) is 0.941. The van der Waals surface area contributed by atoms with Crippen LogP contribution in [0.4, 0.5) is 0 Å². The van der Waals surface area contributed by atoms with Crippen LogP contribution >= 0.6 is 0 Å². The predicted octanol–water partition coefficient (Wildman–Crippen LogP) is 5.50. The van der Waals surface area contributed by atoms with E-state index in [9.17, 15) is 4.79 Å². The van der Waals surface area contributed by atoms with E-state index in [2.05, 4.69) is 20.8 Å². The monoisotopic (exact) mass is 270 g/mol. The molecule has 0 bridgehead atoms. The molecule has 0 spiro atoms. The molecule has 1 unspecified atom stereocenters. The molecule has 0 radical (unpaired) electrons. The van der Waals surface area contributed by atoms with Crippen LogP contribution in [-0.2, 0) is 9.53 Å². The van der Waals surface area contributed by atoms with Crippen LogP contribution in [0.1, 0.15) is 91.4 Å². The molecule has 0 N–H and O–H groups in total. The summed E-state index contributed by atoms with van der Waals surface area (Å²) in [5, 5.41) is 0. The molecule has 114 valence electrons. The van der Waals surface area contributed by atoms with Crippen LogP contribution < -0.4 is 0 Å². The van der Waals surface area contributed by atoms with Crippen molar-refractivity contribution in [2.24, 2.45) is 5.92 Å². The van der Waals surface area contributed by atoms with Crippen molar-refractivity contribution in [3.8, 4) is 0 Å². The van der Waals surface area contributed by atoms with Gasteiger partial charge in [-0.3, -0.25) is 4.79 Å². The maximum absolute atomic E-state index is 12.1. The van der Waals surface area contributed by atoms with Gasteiger partial charge < -0.3 is 4.74 Å². The first-order valence-corrected chi connectivity index (χ1v) is 8.42. The Morgan fingerprint density at radius 1 is 0.789 bits per heavy atom. The summed E-state index contributed by atoms with van der Waals surface area (Å²) < 4.78 is 5.42. The molecule has 0 aromatic carbocycles. The standard InChI is InChI=1S/C17H34O2/c1-4-7-10-11-14-16(13-9-6-3)17(18)19-15-12-8-5-2/h16H,4-15H2,1-3H3. The van der Waals surface area contributed by atoms with E-state index in [1.54, 1.807) is 0 Å². The summed E-state index contributed by atoms with van der Waals surface area (Å²) in [6.07, 6.45) is 12.6. The van der Waals surface area contributed by atoms with Crippen molar-refractivity contribution >= 4 is 5.97 Å². The molecule has 0 aromatic rings. The molecule has 0 saturated heterocycles. The highest BCUT2D eigenvalue weighted by Gasteiger charge is 2.18. The van der Waals surface area contributed by atoms with Gasteiger partial charge in [-0.15, -0.1) is 0 Å². The molecule has 19 heavy (non-hydrogen) atoms. The van der Waals surface area contributed by atoms with Gasteiger partial charge in [-0.05, 0) is 19.3 Å². The molecule has 1 atom stereocenters. The summed E-state index contributed by atoms with van der Waals surface area (Å²) in [6.45, 7) is 7.18. The van der Waals surface area contributed by atoms with Crippen LogP contribution in [0, 0.1) is 5.92 Å². The van der Waals surface area contributed by atoms with Crippen molar-refractivity contribution in [3.63, 3.8) is 0 Å². The Balaban J connectivity index is 3.89. The quantitative estimate of drug-likeness (QED) is 0.326. The largest absolute Gasteiger partial charge is 0.465 e. The van der Waals surface area contributed by atoms with Gasteiger partial charge in [0.25, 0.3) is 0 Å². The molecule has 2 nitrogen and oxygen atoms in total. The average molecular weight is 270 g/mol. The lowest BCUT2D eigenvalue weighted by Gasteiger charge is -2.15. The minimum atomic E-state index is 0.0565. The first kappa shape index (κ1) is 18.5.